The Morgan fingerprint density at radius 1 is 0.720 bits per heavy atom. The Kier molecular flexibility index (Phi) is 6.98. The average Bonchev–Trinajstić information content (AvgIpc) is 2.61. The molecule has 0 aliphatic heterocycles. The maximum Gasteiger partial charge on any atom is 0.257 e. The minimum absolute atomic E-state index is 0.109. The summed E-state index contributed by atoms with van der Waals surface area (Å²) in [5.41, 5.74) is 6.18. The number of halogens is 1. The summed E-state index contributed by atoms with van der Waals surface area (Å²) in [4.78, 5) is 35.1. The molecular formula is C18H18ClN3O3. The second kappa shape index (κ2) is 9.44. The molecule has 2 rings (SSSR count). The third-order valence-corrected chi connectivity index (χ3v) is 3.52. The number of hydrogen-bond donors (Lipinski definition) is 3. The highest BCUT2D eigenvalue weighted by Gasteiger charge is 2.08. The van der Waals surface area contributed by atoms with Crippen LogP contribution >= 0.6 is 11.6 Å². The van der Waals surface area contributed by atoms with Gasteiger partial charge in [0.25, 0.3) is 5.91 Å². The molecule has 3 N–H and O–H groups in total. The third-order valence-electron chi connectivity index (χ3n) is 3.27. The molecule has 0 unspecified atom stereocenters. The minimum Gasteiger partial charge on any atom is -0.347 e. The van der Waals surface area contributed by atoms with E-state index in [0.717, 1.165) is 11.1 Å². The van der Waals surface area contributed by atoms with E-state index in [0.29, 0.717) is 5.02 Å². The zero-order chi connectivity index (χ0) is 18.1. The summed E-state index contributed by atoms with van der Waals surface area (Å²) < 4.78 is 0. The Labute approximate surface area is 150 Å². The lowest BCUT2D eigenvalue weighted by Gasteiger charge is -2.08. The van der Waals surface area contributed by atoms with E-state index in [9.17, 15) is 14.4 Å². The Morgan fingerprint density at radius 3 is 1.96 bits per heavy atom. The van der Waals surface area contributed by atoms with Crippen LogP contribution in [-0.4, -0.2) is 24.3 Å². The molecule has 0 spiro atoms. The van der Waals surface area contributed by atoms with Crippen molar-refractivity contribution in [1.29, 1.82) is 0 Å². The Bertz CT molecular complexity index is 733. The van der Waals surface area contributed by atoms with Crippen molar-refractivity contribution in [2.24, 2.45) is 0 Å². The van der Waals surface area contributed by atoms with E-state index in [1.807, 2.05) is 30.3 Å². The summed E-state index contributed by atoms with van der Waals surface area (Å²) in [5, 5.41) is 3.08. The quantitative estimate of drug-likeness (QED) is 0.681. The lowest BCUT2D eigenvalue weighted by molar-refractivity contribution is -0.129. The van der Waals surface area contributed by atoms with Gasteiger partial charge in [-0.3, -0.25) is 25.2 Å². The van der Waals surface area contributed by atoms with Gasteiger partial charge in [-0.25, -0.2) is 0 Å². The summed E-state index contributed by atoms with van der Waals surface area (Å²) in [6, 6.07) is 16.0. The number of nitrogens with one attached hydrogen (secondary N) is 3. The first-order valence-corrected chi connectivity index (χ1v) is 8.03. The molecule has 25 heavy (non-hydrogen) atoms. The van der Waals surface area contributed by atoms with Crippen LogP contribution in [0.3, 0.4) is 0 Å². The van der Waals surface area contributed by atoms with E-state index in [1.165, 1.54) is 0 Å². The predicted octanol–water partition coefficient (Wildman–Crippen LogP) is 1.39. The van der Waals surface area contributed by atoms with Gasteiger partial charge >= 0.3 is 0 Å². The van der Waals surface area contributed by atoms with E-state index >= 15 is 0 Å². The zero-order valence-corrected chi connectivity index (χ0v) is 14.2. The predicted molar refractivity (Wildman–Crippen MR) is 94.6 cm³/mol. The van der Waals surface area contributed by atoms with Crippen LogP contribution in [-0.2, 0) is 27.2 Å². The molecule has 0 saturated carbocycles. The number of rotatable bonds is 6. The van der Waals surface area contributed by atoms with Crippen LogP contribution in [0.5, 0.6) is 0 Å². The molecule has 0 fully saturated rings. The van der Waals surface area contributed by atoms with Crippen molar-refractivity contribution < 1.29 is 14.4 Å². The molecule has 0 bridgehead atoms. The van der Waals surface area contributed by atoms with Crippen LogP contribution < -0.4 is 16.2 Å². The molecule has 0 aromatic heterocycles. The molecule has 0 heterocycles. The van der Waals surface area contributed by atoms with Crippen molar-refractivity contribution in [2.45, 2.75) is 12.8 Å². The van der Waals surface area contributed by atoms with Gasteiger partial charge in [0.15, 0.2) is 0 Å². The summed E-state index contributed by atoms with van der Waals surface area (Å²) in [6.45, 7) is -0.215. The Morgan fingerprint density at radius 2 is 1.28 bits per heavy atom. The van der Waals surface area contributed by atoms with Crippen LogP contribution in [0.4, 0.5) is 0 Å². The molecule has 2 aromatic rings. The minimum atomic E-state index is -0.508. The van der Waals surface area contributed by atoms with E-state index in [1.54, 1.807) is 24.3 Å². The normalized spacial score (nSPS) is 9.96. The summed E-state index contributed by atoms with van der Waals surface area (Å²) >= 11 is 5.77. The average molecular weight is 360 g/mol. The summed E-state index contributed by atoms with van der Waals surface area (Å²) in [7, 11) is 0. The molecule has 6 nitrogen and oxygen atoms in total. The second-order valence-corrected chi connectivity index (χ2v) is 5.78. The van der Waals surface area contributed by atoms with Crippen LogP contribution in [0.1, 0.15) is 11.1 Å². The fraction of sp³-hybridized carbons (Fsp3) is 0.167. The van der Waals surface area contributed by atoms with Crippen molar-refractivity contribution in [3.8, 4) is 0 Å². The van der Waals surface area contributed by atoms with Gasteiger partial charge in [0.1, 0.15) is 0 Å². The van der Waals surface area contributed by atoms with Gasteiger partial charge < -0.3 is 5.32 Å². The second-order valence-electron chi connectivity index (χ2n) is 5.34. The number of hydrazine groups is 1. The monoisotopic (exact) mass is 359 g/mol. The van der Waals surface area contributed by atoms with E-state index < -0.39 is 5.91 Å². The van der Waals surface area contributed by atoms with E-state index in [-0.39, 0.29) is 31.2 Å². The molecule has 2 aromatic carbocycles. The van der Waals surface area contributed by atoms with Gasteiger partial charge in [0, 0.05) is 5.02 Å². The summed E-state index contributed by atoms with van der Waals surface area (Å²) in [5.74, 6) is -1.15. The van der Waals surface area contributed by atoms with Gasteiger partial charge in [-0.1, -0.05) is 54.1 Å². The van der Waals surface area contributed by atoms with Gasteiger partial charge in [0.05, 0.1) is 19.4 Å². The molecule has 0 radical (unpaired) electrons. The highest BCUT2D eigenvalue weighted by Crippen LogP contribution is 2.09. The van der Waals surface area contributed by atoms with Crippen molar-refractivity contribution in [3.63, 3.8) is 0 Å². The van der Waals surface area contributed by atoms with Crippen LogP contribution in [0, 0.1) is 0 Å². The Hall–Kier alpha value is -2.86. The molecule has 130 valence electrons. The third kappa shape index (κ3) is 7.05. The zero-order valence-electron chi connectivity index (χ0n) is 13.4. The van der Waals surface area contributed by atoms with Crippen molar-refractivity contribution in [1.82, 2.24) is 16.2 Å². The molecule has 0 atom stereocenters. The standard InChI is InChI=1S/C18H18ClN3O3/c19-15-8-6-14(7-9-15)11-17(24)21-22-18(25)12-20-16(23)10-13-4-2-1-3-5-13/h1-9H,10-12H2,(H,20,23)(H,21,24)(H,22,25). The number of carbonyl (C=O) groups excluding carboxylic acids is 3. The largest absolute Gasteiger partial charge is 0.347 e. The van der Waals surface area contributed by atoms with E-state index in [4.69, 9.17) is 11.6 Å². The van der Waals surface area contributed by atoms with Crippen LogP contribution in [0.25, 0.3) is 0 Å². The molecular weight excluding hydrogens is 342 g/mol. The molecule has 3 amide bonds. The van der Waals surface area contributed by atoms with Crippen molar-refractivity contribution >= 4 is 29.3 Å². The number of amides is 3. The van der Waals surface area contributed by atoms with Gasteiger partial charge in [0.2, 0.25) is 11.8 Å². The van der Waals surface area contributed by atoms with Gasteiger partial charge in [-0.15, -0.1) is 0 Å². The highest BCUT2D eigenvalue weighted by atomic mass is 35.5. The first-order valence-electron chi connectivity index (χ1n) is 7.65. The van der Waals surface area contributed by atoms with Crippen molar-refractivity contribution in [2.75, 3.05) is 6.54 Å². The van der Waals surface area contributed by atoms with Crippen LogP contribution in [0.2, 0.25) is 5.02 Å². The van der Waals surface area contributed by atoms with Gasteiger partial charge in [-0.2, -0.15) is 0 Å². The topological polar surface area (TPSA) is 87.3 Å². The Balaban J connectivity index is 1.65. The maximum atomic E-state index is 11.7. The smallest absolute Gasteiger partial charge is 0.257 e. The lowest BCUT2D eigenvalue weighted by atomic mass is 10.1. The fourth-order valence-corrected chi connectivity index (χ4v) is 2.16. The highest BCUT2D eigenvalue weighted by molar-refractivity contribution is 6.30. The van der Waals surface area contributed by atoms with Crippen molar-refractivity contribution in [3.05, 3.63) is 70.7 Å². The van der Waals surface area contributed by atoms with E-state index in [2.05, 4.69) is 16.2 Å². The molecule has 0 saturated heterocycles. The SMILES string of the molecule is O=C(Cc1ccccc1)NCC(=O)NNC(=O)Cc1ccc(Cl)cc1. The first-order chi connectivity index (χ1) is 12.0. The molecule has 7 heteroatoms. The van der Waals surface area contributed by atoms with Crippen LogP contribution in [0.15, 0.2) is 54.6 Å². The maximum absolute atomic E-state index is 11.7. The molecule has 0 aliphatic rings. The number of benzene rings is 2. The number of hydrogen-bond acceptors (Lipinski definition) is 3. The molecule has 0 aliphatic carbocycles. The number of carbonyl (C=O) groups is 3. The van der Waals surface area contributed by atoms with Gasteiger partial charge in [-0.05, 0) is 23.3 Å². The summed E-state index contributed by atoms with van der Waals surface area (Å²) in [6.07, 6.45) is 0.300. The lowest BCUT2D eigenvalue weighted by Crippen LogP contribution is -2.47. The fourth-order valence-electron chi connectivity index (χ4n) is 2.04. The first kappa shape index (κ1) is 18.5.